The quantitative estimate of drug-likeness (QED) is 0.380. The average Bonchev–Trinajstić information content (AvgIpc) is 3.40. The highest BCUT2D eigenvalue weighted by Gasteiger charge is 2.42. The number of aromatic nitrogens is 2. The van der Waals surface area contributed by atoms with Crippen LogP contribution in [0, 0.1) is 13.8 Å². The van der Waals surface area contributed by atoms with Gasteiger partial charge >= 0.3 is 0 Å². The molecule has 7 nitrogen and oxygen atoms in total. The maximum absolute atomic E-state index is 5.94. The molecule has 38 heavy (non-hydrogen) atoms. The number of thiocarbonyl (C=S) groups is 1. The van der Waals surface area contributed by atoms with Crippen LogP contribution in [-0.4, -0.2) is 58.5 Å². The maximum atomic E-state index is 5.94. The number of anilines is 1. The molecule has 5 rings (SSSR count). The molecule has 0 spiro atoms. The largest absolute Gasteiger partial charge is 0.491 e. The molecule has 202 valence electrons. The topological polar surface area (TPSA) is 54.8 Å². The number of nitrogens with zero attached hydrogens (tertiary/aromatic N) is 4. The molecule has 3 aromatic rings. The molecule has 2 atom stereocenters. The molecule has 2 aliphatic rings. The number of benzene rings is 1. The minimum Gasteiger partial charge on any atom is -0.491 e. The third-order valence-corrected chi connectivity index (χ3v) is 7.79. The SMILES string of the molecule is Cc1cc([C@H]2[C@H](c3ccccn3)NC(=S)N2c2ccc(OC(C)C)cc2)c(C)n1CCCN1CCOCC1. The fourth-order valence-electron chi connectivity index (χ4n) is 5.65. The molecule has 1 N–H and O–H groups in total. The van der Waals surface area contributed by atoms with Gasteiger partial charge in [-0.3, -0.25) is 9.88 Å². The summed E-state index contributed by atoms with van der Waals surface area (Å²) in [4.78, 5) is 9.46. The van der Waals surface area contributed by atoms with Crippen molar-refractivity contribution in [2.45, 2.75) is 58.8 Å². The standard InChI is InChI=1S/C30H39N5O2S/c1-21(2)37-25-11-9-24(10-12-25)35-29(28(32-30(35)38)27-8-5-6-13-31-27)26-20-22(3)34(23(26)4)15-7-14-33-16-18-36-19-17-33/h5-6,8-13,20-21,28-29H,7,14-19H2,1-4H3,(H,32,38)/t28-,29-/m0/s1. The van der Waals surface area contributed by atoms with Crippen molar-refractivity contribution in [3.63, 3.8) is 0 Å². The Morgan fingerprint density at radius 3 is 2.53 bits per heavy atom. The summed E-state index contributed by atoms with van der Waals surface area (Å²) >= 11 is 5.94. The fraction of sp³-hybridized carbons (Fsp3) is 0.467. The molecule has 0 bridgehead atoms. The lowest BCUT2D eigenvalue weighted by atomic mass is 9.96. The summed E-state index contributed by atoms with van der Waals surface area (Å²) in [5.41, 5.74) is 5.86. The van der Waals surface area contributed by atoms with Crippen molar-refractivity contribution < 1.29 is 9.47 Å². The third kappa shape index (κ3) is 5.72. The predicted octanol–water partition coefficient (Wildman–Crippen LogP) is 5.19. The van der Waals surface area contributed by atoms with Crippen molar-refractivity contribution in [2.24, 2.45) is 0 Å². The average molecular weight is 534 g/mol. The lowest BCUT2D eigenvalue weighted by Gasteiger charge is -2.28. The second-order valence-electron chi connectivity index (χ2n) is 10.4. The highest BCUT2D eigenvalue weighted by atomic mass is 32.1. The van der Waals surface area contributed by atoms with Gasteiger partial charge in [-0.2, -0.15) is 0 Å². The van der Waals surface area contributed by atoms with Crippen LogP contribution in [-0.2, 0) is 11.3 Å². The van der Waals surface area contributed by atoms with Gasteiger partial charge in [0, 0.05) is 49.5 Å². The van der Waals surface area contributed by atoms with E-state index in [1.54, 1.807) is 0 Å². The minimum absolute atomic E-state index is 0.0199. The monoisotopic (exact) mass is 533 g/mol. The van der Waals surface area contributed by atoms with Crippen LogP contribution in [0.1, 0.15) is 55.0 Å². The molecule has 2 saturated heterocycles. The lowest BCUT2D eigenvalue weighted by Crippen LogP contribution is -2.37. The van der Waals surface area contributed by atoms with Gasteiger partial charge in [-0.15, -0.1) is 0 Å². The van der Waals surface area contributed by atoms with Crippen LogP contribution < -0.4 is 15.0 Å². The van der Waals surface area contributed by atoms with Crippen molar-refractivity contribution in [3.8, 4) is 5.75 Å². The van der Waals surface area contributed by atoms with E-state index < -0.39 is 0 Å². The van der Waals surface area contributed by atoms with Crippen LogP contribution in [0.5, 0.6) is 5.75 Å². The summed E-state index contributed by atoms with van der Waals surface area (Å²) in [7, 11) is 0. The summed E-state index contributed by atoms with van der Waals surface area (Å²) < 4.78 is 13.9. The molecule has 0 saturated carbocycles. The summed E-state index contributed by atoms with van der Waals surface area (Å²) in [6.07, 6.45) is 3.10. The Labute approximate surface area is 231 Å². The van der Waals surface area contributed by atoms with Gasteiger partial charge in [-0.05, 0) is 94.4 Å². The van der Waals surface area contributed by atoms with Crippen LogP contribution in [0.3, 0.4) is 0 Å². The predicted molar refractivity (Wildman–Crippen MR) is 156 cm³/mol. The summed E-state index contributed by atoms with van der Waals surface area (Å²) in [5, 5.41) is 4.30. The second-order valence-corrected chi connectivity index (χ2v) is 10.8. The number of hydrogen-bond acceptors (Lipinski definition) is 5. The Morgan fingerprint density at radius 2 is 1.84 bits per heavy atom. The van der Waals surface area contributed by atoms with E-state index in [1.807, 2.05) is 44.3 Å². The van der Waals surface area contributed by atoms with Crippen molar-refractivity contribution >= 4 is 23.0 Å². The summed E-state index contributed by atoms with van der Waals surface area (Å²) in [5.74, 6) is 0.859. The van der Waals surface area contributed by atoms with Crippen molar-refractivity contribution in [1.29, 1.82) is 0 Å². The first-order valence-electron chi connectivity index (χ1n) is 13.7. The molecular formula is C30H39N5O2S. The summed E-state index contributed by atoms with van der Waals surface area (Å²) in [6, 6.07) is 16.6. The van der Waals surface area contributed by atoms with Crippen LogP contribution in [0.25, 0.3) is 0 Å². The van der Waals surface area contributed by atoms with Gasteiger partial charge in [0.2, 0.25) is 0 Å². The van der Waals surface area contributed by atoms with Crippen molar-refractivity contribution in [3.05, 3.63) is 77.4 Å². The molecular weight excluding hydrogens is 494 g/mol. The van der Waals surface area contributed by atoms with Gasteiger partial charge in [0.25, 0.3) is 0 Å². The molecule has 0 aliphatic carbocycles. The Bertz CT molecular complexity index is 1220. The molecule has 4 heterocycles. The van der Waals surface area contributed by atoms with E-state index in [0.717, 1.165) is 62.9 Å². The Balaban J connectivity index is 1.45. The number of morpholine rings is 1. The van der Waals surface area contributed by atoms with Crippen molar-refractivity contribution in [1.82, 2.24) is 19.8 Å². The van der Waals surface area contributed by atoms with Gasteiger partial charge in [0.15, 0.2) is 5.11 Å². The van der Waals surface area contributed by atoms with Gasteiger partial charge < -0.3 is 24.3 Å². The van der Waals surface area contributed by atoms with Crippen LogP contribution in [0.4, 0.5) is 5.69 Å². The van der Waals surface area contributed by atoms with E-state index >= 15 is 0 Å². The minimum atomic E-state index is -0.0578. The zero-order valence-electron chi connectivity index (χ0n) is 22.9. The fourth-order valence-corrected chi connectivity index (χ4v) is 6.00. The van der Waals surface area contributed by atoms with E-state index in [4.69, 9.17) is 26.7 Å². The van der Waals surface area contributed by atoms with Crippen LogP contribution >= 0.6 is 12.2 Å². The first-order chi connectivity index (χ1) is 18.4. The van der Waals surface area contributed by atoms with E-state index in [2.05, 4.69) is 57.8 Å². The molecule has 0 unspecified atom stereocenters. The van der Waals surface area contributed by atoms with E-state index in [1.165, 1.54) is 17.0 Å². The lowest BCUT2D eigenvalue weighted by molar-refractivity contribution is 0.0369. The Kier molecular flexibility index (Phi) is 8.31. The third-order valence-electron chi connectivity index (χ3n) is 7.48. The van der Waals surface area contributed by atoms with E-state index in [9.17, 15) is 0 Å². The number of aryl methyl sites for hydroxylation is 1. The number of hydrogen-bond donors (Lipinski definition) is 1. The highest BCUT2D eigenvalue weighted by Crippen LogP contribution is 2.43. The number of ether oxygens (including phenoxy) is 2. The second kappa shape index (κ2) is 11.8. The molecule has 2 aliphatic heterocycles. The highest BCUT2D eigenvalue weighted by molar-refractivity contribution is 7.80. The molecule has 0 amide bonds. The smallest absolute Gasteiger partial charge is 0.174 e. The first-order valence-corrected chi connectivity index (χ1v) is 14.1. The normalized spacial score (nSPS) is 20.2. The van der Waals surface area contributed by atoms with Crippen LogP contribution in [0.15, 0.2) is 54.7 Å². The summed E-state index contributed by atoms with van der Waals surface area (Å²) in [6.45, 7) is 14.4. The molecule has 2 aromatic heterocycles. The zero-order valence-corrected chi connectivity index (χ0v) is 23.7. The number of pyridine rings is 1. The first kappa shape index (κ1) is 26.7. The maximum Gasteiger partial charge on any atom is 0.174 e. The zero-order chi connectivity index (χ0) is 26.6. The molecule has 1 aromatic carbocycles. The van der Waals surface area contributed by atoms with Crippen molar-refractivity contribution in [2.75, 3.05) is 37.7 Å². The van der Waals surface area contributed by atoms with E-state index in [-0.39, 0.29) is 18.2 Å². The van der Waals surface area contributed by atoms with Gasteiger partial charge in [-0.1, -0.05) is 6.07 Å². The van der Waals surface area contributed by atoms with E-state index in [0.29, 0.717) is 5.11 Å². The van der Waals surface area contributed by atoms with Gasteiger partial charge in [-0.25, -0.2) is 0 Å². The Morgan fingerprint density at radius 1 is 1.08 bits per heavy atom. The molecule has 8 heteroatoms. The Hall–Kier alpha value is -2.94. The van der Waals surface area contributed by atoms with Crippen LogP contribution in [0.2, 0.25) is 0 Å². The molecule has 2 fully saturated rings. The number of nitrogens with one attached hydrogen (secondary N) is 1. The number of rotatable bonds is 9. The molecule has 0 radical (unpaired) electrons. The van der Waals surface area contributed by atoms with Gasteiger partial charge in [0.05, 0.1) is 37.1 Å². The van der Waals surface area contributed by atoms with Gasteiger partial charge in [0.1, 0.15) is 5.75 Å².